The van der Waals surface area contributed by atoms with E-state index in [1.807, 2.05) is 0 Å². The number of carbonyl (C=O) groups is 2. The quantitative estimate of drug-likeness (QED) is 0.672. The number of amides is 1. The molecule has 1 rings (SSSR count). The van der Waals surface area contributed by atoms with Gasteiger partial charge in [0.1, 0.15) is 0 Å². The number of anilines is 2. The van der Waals surface area contributed by atoms with Gasteiger partial charge in [-0.1, -0.05) is 19.9 Å². The molecule has 0 radical (unpaired) electrons. The first-order valence-corrected chi connectivity index (χ1v) is 5.38. The zero-order valence-electron chi connectivity index (χ0n) is 9.99. The Morgan fingerprint density at radius 3 is 2.53 bits per heavy atom. The maximum atomic E-state index is 11.7. The molecule has 0 bridgehead atoms. The number of nitrogens with one attached hydrogen (secondary N) is 1. The van der Waals surface area contributed by atoms with Crippen LogP contribution in [0.3, 0.4) is 0 Å². The zero-order valence-corrected chi connectivity index (χ0v) is 9.99. The van der Waals surface area contributed by atoms with Crippen molar-refractivity contribution in [3.8, 4) is 0 Å². The average molecular weight is 235 g/mol. The smallest absolute Gasteiger partial charge is 0.253 e. The van der Waals surface area contributed by atoms with Crippen LogP contribution in [0.2, 0.25) is 0 Å². The topological polar surface area (TPSA) is 98.2 Å². The Morgan fingerprint density at radius 1 is 1.29 bits per heavy atom. The summed E-state index contributed by atoms with van der Waals surface area (Å²) >= 11 is 0. The Kier molecular flexibility index (Phi) is 4.09. The Hall–Kier alpha value is -2.04. The number of carbonyl (C=O) groups excluding carboxylic acids is 2. The maximum Gasteiger partial charge on any atom is 0.253 e. The molecule has 1 aromatic rings. The second kappa shape index (κ2) is 5.34. The Labute approximate surface area is 100 Å². The summed E-state index contributed by atoms with van der Waals surface area (Å²) in [5, 5.41) is 2.52. The normalized spacial score (nSPS) is 10.3. The average Bonchev–Trinajstić information content (AvgIpc) is 2.29. The third-order valence-electron chi connectivity index (χ3n) is 2.45. The molecule has 0 aliphatic rings. The van der Waals surface area contributed by atoms with Crippen LogP contribution < -0.4 is 16.8 Å². The van der Waals surface area contributed by atoms with Crippen LogP contribution in [0.5, 0.6) is 0 Å². The highest BCUT2D eigenvalue weighted by Crippen LogP contribution is 2.18. The molecule has 0 atom stereocenters. The Morgan fingerprint density at radius 2 is 1.94 bits per heavy atom. The highest BCUT2D eigenvalue weighted by molar-refractivity contribution is 6.02. The van der Waals surface area contributed by atoms with Gasteiger partial charge in [-0.15, -0.1) is 0 Å². The van der Waals surface area contributed by atoms with Crippen molar-refractivity contribution in [3.63, 3.8) is 0 Å². The van der Waals surface area contributed by atoms with Gasteiger partial charge in [0.25, 0.3) is 5.91 Å². The van der Waals surface area contributed by atoms with Crippen molar-refractivity contribution in [1.29, 1.82) is 0 Å². The molecule has 1 aromatic carbocycles. The zero-order chi connectivity index (χ0) is 13.0. The fourth-order valence-electron chi connectivity index (χ4n) is 1.25. The van der Waals surface area contributed by atoms with Gasteiger partial charge in [0.05, 0.1) is 23.5 Å². The van der Waals surface area contributed by atoms with E-state index in [-0.39, 0.29) is 29.8 Å². The van der Waals surface area contributed by atoms with Gasteiger partial charge in [-0.2, -0.15) is 0 Å². The van der Waals surface area contributed by atoms with Crippen LogP contribution in [-0.4, -0.2) is 18.2 Å². The van der Waals surface area contributed by atoms with Gasteiger partial charge in [0.2, 0.25) is 0 Å². The molecule has 0 saturated carbocycles. The fourth-order valence-corrected chi connectivity index (χ4v) is 1.25. The molecule has 1 amide bonds. The van der Waals surface area contributed by atoms with Crippen molar-refractivity contribution in [3.05, 3.63) is 23.8 Å². The number of hydrogen-bond donors (Lipinski definition) is 3. The lowest BCUT2D eigenvalue weighted by Gasteiger charge is -2.09. The Balaban J connectivity index is 2.71. The summed E-state index contributed by atoms with van der Waals surface area (Å²) in [6.07, 6.45) is 0. The molecular formula is C12H17N3O2. The summed E-state index contributed by atoms with van der Waals surface area (Å²) < 4.78 is 0. The molecule has 0 aliphatic heterocycles. The van der Waals surface area contributed by atoms with Crippen molar-refractivity contribution < 1.29 is 9.59 Å². The minimum absolute atomic E-state index is 0.00470. The SMILES string of the molecule is CC(C)C(=O)CNC(=O)c1cccc(N)c1N. The van der Waals surface area contributed by atoms with Gasteiger partial charge in [-0.3, -0.25) is 9.59 Å². The maximum absolute atomic E-state index is 11.7. The molecule has 5 heteroatoms. The predicted molar refractivity (Wildman–Crippen MR) is 67.4 cm³/mol. The minimum atomic E-state index is -0.385. The molecule has 92 valence electrons. The molecule has 0 fully saturated rings. The number of rotatable bonds is 4. The molecule has 0 spiro atoms. The summed E-state index contributed by atoms with van der Waals surface area (Å²) in [6.45, 7) is 3.57. The second-order valence-electron chi connectivity index (χ2n) is 4.11. The van der Waals surface area contributed by atoms with E-state index in [0.717, 1.165) is 0 Å². The van der Waals surface area contributed by atoms with Crippen LogP contribution in [0, 0.1) is 5.92 Å². The minimum Gasteiger partial charge on any atom is -0.397 e. The monoisotopic (exact) mass is 235 g/mol. The highest BCUT2D eigenvalue weighted by atomic mass is 16.2. The summed E-state index contributed by atoms with van der Waals surface area (Å²) in [6, 6.07) is 4.83. The number of para-hydroxylation sites is 1. The van der Waals surface area contributed by atoms with E-state index in [9.17, 15) is 9.59 Å². The first kappa shape index (κ1) is 13.0. The van der Waals surface area contributed by atoms with Gasteiger partial charge in [-0.05, 0) is 12.1 Å². The third-order valence-corrected chi connectivity index (χ3v) is 2.45. The van der Waals surface area contributed by atoms with E-state index in [1.54, 1.807) is 32.0 Å². The molecule has 0 aliphatic carbocycles. The van der Waals surface area contributed by atoms with Gasteiger partial charge in [0, 0.05) is 5.92 Å². The lowest BCUT2D eigenvalue weighted by atomic mass is 10.1. The number of hydrogen-bond acceptors (Lipinski definition) is 4. The third kappa shape index (κ3) is 3.21. The first-order chi connectivity index (χ1) is 7.93. The standard InChI is InChI=1S/C12H17N3O2/c1-7(2)10(16)6-15-12(17)8-4-3-5-9(13)11(8)14/h3-5,7H,6,13-14H2,1-2H3,(H,15,17). The molecule has 0 saturated heterocycles. The van der Waals surface area contributed by atoms with E-state index < -0.39 is 0 Å². The molecule has 5 N–H and O–H groups in total. The molecule has 0 aromatic heterocycles. The van der Waals surface area contributed by atoms with Gasteiger partial charge in [0.15, 0.2) is 5.78 Å². The van der Waals surface area contributed by atoms with E-state index >= 15 is 0 Å². The van der Waals surface area contributed by atoms with E-state index in [2.05, 4.69) is 5.32 Å². The lowest BCUT2D eigenvalue weighted by Crippen LogP contribution is -2.32. The van der Waals surface area contributed by atoms with Crippen molar-refractivity contribution in [1.82, 2.24) is 5.32 Å². The summed E-state index contributed by atoms with van der Waals surface area (Å²) in [5.74, 6) is -0.516. The number of Topliss-reactive ketones (excluding diaryl/α,β-unsaturated/α-hetero) is 1. The van der Waals surface area contributed by atoms with E-state index in [0.29, 0.717) is 11.3 Å². The summed E-state index contributed by atoms with van der Waals surface area (Å²) in [4.78, 5) is 23.1. The van der Waals surface area contributed by atoms with Crippen LogP contribution in [0.1, 0.15) is 24.2 Å². The van der Waals surface area contributed by atoms with Crippen molar-refractivity contribution in [2.75, 3.05) is 18.0 Å². The molecule has 17 heavy (non-hydrogen) atoms. The van der Waals surface area contributed by atoms with Crippen LogP contribution in [0.25, 0.3) is 0 Å². The second-order valence-corrected chi connectivity index (χ2v) is 4.11. The van der Waals surface area contributed by atoms with Crippen LogP contribution in [-0.2, 0) is 4.79 Å². The van der Waals surface area contributed by atoms with Crippen molar-refractivity contribution in [2.24, 2.45) is 5.92 Å². The molecule has 0 unspecified atom stereocenters. The molecular weight excluding hydrogens is 218 g/mol. The summed E-state index contributed by atoms with van der Waals surface area (Å²) in [5.41, 5.74) is 12.2. The van der Waals surface area contributed by atoms with Crippen LogP contribution in [0.15, 0.2) is 18.2 Å². The number of nitrogen functional groups attached to an aromatic ring is 2. The number of benzene rings is 1. The highest BCUT2D eigenvalue weighted by Gasteiger charge is 2.13. The van der Waals surface area contributed by atoms with Gasteiger partial charge < -0.3 is 16.8 Å². The predicted octanol–water partition coefficient (Wildman–Crippen LogP) is 0.806. The first-order valence-electron chi connectivity index (χ1n) is 5.38. The van der Waals surface area contributed by atoms with Crippen molar-refractivity contribution in [2.45, 2.75) is 13.8 Å². The largest absolute Gasteiger partial charge is 0.397 e. The Bertz CT molecular complexity index is 441. The van der Waals surface area contributed by atoms with E-state index in [1.165, 1.54) is 0 Å². The lowest BCUT2D eigenvalue weighted by molar-refractivity contribution is -0.120. The molecule has 5 nitrogen and oxygen atoms in total. The van der Waals surface area contributed by atoms with Gasteiger partial charge >= 0.3 is 0 Å². The number of ketones is 1. The summed E-state index contributed by atoms with van der Waals surface area (Å²) in [7, 11) is 0. The molecule has 0 heterocycles. The van der Waals surface area contributed by atoms with Crippen LogP contribution in [0.4, 0.5) is 11.4 Å². The fraction of sp³-hybridized carbons (Fsp3) is 0.333. The van der Waals surface area contributed by atoms with Crippen LogP contribution >= 0.6 is 0 Å². The van der Waals surface area contributed by atoms with Crippen molar-refractivity contribution >= 4 is 23.1 Å². The van der Waals surface area contributed by atoms with Gasteiger partial charge in [-0.25, -0.2) is 0 Å². The van der Waals surface area contributed by atoms with E-state index in [4.69, 9.17) is 11.5 Å². The number of nitrogens with two attached hydrogens (primary N) is 2.